The van der Waals surface area contributed by atoms with E-state index in [2.05, 4.69) is 41.4 Å². The van der Waals surface area contributed by atoms with E-state index in [-0.39, 0.29) is 5.54 Å². The molecule has 0 radical (unpaired) electrons. The molecule has 0 amide bonds. The molecule has 1 saturated heterocycles. The predicted molar refractivity (Wildman–Crippen MR) is 101 cm³/mol. The SMILES string of the molecule is COc1cc(CN2CCNC(C)(C)C2)ccc1OCc1c(C)noc1C. The summed E-state index contributed by atoms with van der Waals surface area (Å²) < 4.78 is 16.7. The van der Waals surface area contributed by atoms with Crippen LogP contribution in [0.15, 0.2) is 22.7 Å². The summed E-state index contributed by atoms with van der Waals surface area (Å²) in [7, 11) is 1.68. The van der Waals surface area contributed by atoms with Crippen LogP contribution in [0.3, 0.4) is 0 Å². The Hall–Kier alpha value is -2.05. The van der Waals surface area contributed by atoms with Crippen molar-refractivity contribution in [3.8, 4) is 11.5 Å². The molecule has 0 saturated carbocycles. The van der Waals surface area contributed by atoms with Crippen LogP contribution in [0, 0.1) is 13.8 Å². The molecular formula is C20H29N3O3. The monoisotopic (exact) mass is 359 g/mol. The van der Waals surface area contributed by atoms with Gasteiger partial charge in [0.2, 0.25) is 0 Å². The minimum absolute atomic E-state index is 0.153. The number of benzene rings is 1. The van der Waals surface area contributed by atoms with Gasteiger partial charge in [0.05, 0.1) is 18.4 Å². The predicted octanol–water partition coefficient (Wildman–Crippen LogP) is 3.06. The number of aryl methyl sites for hydroxylation is 2. The molecule has 1 aromatic heterocycles. The number of hydrogen-bond acceptors (Lipinski definition) is 6. The van der Waals surface area contributed by atoms with Crippen molar-refractivity contribution in [1.82, 2.24) is 15.4 Å². The van der Waals surface area contributed by atoms with Crippen LogP contribution in [-0.2, 0) is 13.2 Å². The molecule has 0 aliphatic carbocycles. The zero-order chi connectivity index (χ0) is 18.7. The lowest BCUT2D eigenvalue weighted by molar-refractivity contribution is 0.148. The summed E-state index contributed by atoms with van der Waals surface area (Å²) >= 11 is 0. The van der Waals surface area contributed by atoms with Crippen molar-refractivity contribution in [2.45, 2.75) is 46.4 Å². The summed E-state index contributed by atoms with van der Waals surface area (Å²) in [6.07, 6.45) is 0. The highest BCUT2D eigenvalue weighted by Gasteiger charge is 2.25. The molecule has 1 N–H and O–H groups in total. The minimum Gasteiger partial charge on any atom is -0.493 e. The molecule has 1 aromatic carbocycles. The number of rotatable bonds is 6. The maximum atomic E-state index is 5.96. The van der Waals surface area contributed by atoms with Crippen molar-refractivity contribution in [1.29, 1.82) is 0 Å². The maximum absolute atomic E-state index is 5.96. The fourth-order valence-electron chi connectivity index (χ4n) is 3.43. The molecule has 0 unspecified atom stereocenters. The smallest absolute Gasteiger partial charge is 0.161 e. The average Bonchev–Trinajstić information content (AvgIpc) is 2.91. The molecule has 26 heavy (non-hydrogen) atoms. The first-order chi connectivity index (χ1) is 12.4. The van der Waals surface area contributed by atoms with Gasteiger partial charge in [-0.25, -0.2) is 0 Å². The van der Waals surface area contributed by atoms with Crippen molar-refractivity contribution in [3.05, 3.63) is 40.8 Å². The number of ether oxygens (including phenoxy) is 2. The number of nitrogens with zero attached hydrogens (tertiary/aromatic N) is 2. The van der Waals surface area contributed by atoms with Crippen molar-refractivity contribution < 1.29 is 14.0 Å². The second-order valence-corrected chi connectivity index (χ2v) is 7.60. The largest absolute Gasteiger partial charge is 0.493 e. The number of hydrogen-bond donors (Lipinski definition) is 1. The Kier molecular flexibility index (Phi) is 5.53. The van der Waals surface area contributed by atoms with Crippen LogP contribution in [0.25, 0.3) is 0 Å². The standard InChI is InChI=1S/C20H29N3O3/c1-14-17(15(2)26-22-14)12-25-18-7-6-16(10-19(18)24-5)11-23-9-8-21-20(3,4)13-23/h6-7,10,21H,8-9,11-13H2,1-5H3. The lowest BCUT2D eigenvalue weighted by Gasteiger charge is -2.39. The van der Waals surface area contributed by atoms with E-state index in [1.807, 2.05) is 19.9 Å². The second kappa shape index (κ2) is 7.68. The summed E-state index contributed by atoms with van der Waals surface area (Å²) in [4.78, 5) is 2.47. The Bertz CT molecular complexity index is 735. The first-order valence-electron chi connectivity index (χ1n) is 9.07. The van der Waals surface area contributed by atoms with Gasteiger partial charge in [-0.15, -0.1) is 0 Å². The van der Waals surface area contributed by atoms with Crippen LogP contribution in [0.5, 0.6) is 11.5 Å². The molecular weight excluding hydrogens is 330 g/mol. The van der Waals surface area contributed by atoms with E-state index in [1.165, 1.54) is 5.56 Å². The van der Waals surface area contributed by atoms with Crippen LogP contribution in [0.1, 0.15) is 36.4 Å². The molecule has 0 bridgehead atoms. The van der Waals surface area contributed by atoms with Gasteiger partial charge in [0.1, 0.15) is 12.4 Å². The van der Waals surface area contributed by atoms with E-state index in [1.54, 1.807) is 7.11 Å². The molecule has 2 aromatic rings. The van der Waals surface area contributed by atoms with Crippen molar-refractivity contribution in [2.24, 2.45) is 0 Å². The molecule has 1 fully saturated rings. The van der Waals surface area contributed by atoms with Crippen molar-refractivity contribution >= 4 is 0 Å². The van der Waals surface area contributed by atoms with E-state index >= 15 is 0 Å². The molecule has 2 heterocycles. The summed E-state index contributed by atoms with van der Waals surface area (Å²) in [5.41, 5.74) is 3.22. The molecule has 142 valence electrons. The Morgan fingerprint density at radius 1 is 1.27 bits per heavy atom. The molecule has 0 atom stereocenters. The summed E-state index contributed by atoms with van der Waals surface area (Å²) in [5.74, 6) is 2.28. The minimum atomic E-state index is 0.153. The summed E-state index contributed by atoms with van der Waals surface area (Å²) in [6.45, 7) is 12.7. The molecule has 1 aliphatic heterocycles. The van der Waals surface area contributed by atoms with E-state index < -0.39 is 0 Å². The quantitative estimate of drug-likeness (QED) is 0.855. The third-order valence-corrected chi connectivity index (χ3v) is 4.84. The number of methoxy groups -OCH3 is 1. The molecule has 6 heteroatoms. The number of piperazine rings is 1. The van der Waals surface area contributed by atoms with E-state index in [4.69, 9.17) is 14.0 Å². The zero-order valence-corrected chi connectivity index (χ0v) is 16.4. The molecule has 0 spiro atoms. The fourth-order valence-corrected chi connectivity index (χ4v) is 3.43. The van der Waals surface area contributed by atoms with Gasteiger partial charge in [0.25, 0.3) is 0 Å². The van der Waals surface area contributed by atoms with Crippen LogP contribution < -0.4 is 14.8 Å². The highest BCUT2D eigenvalue weighted by molar-refractivity contribution is 5.43. The van der Waals surface area contributed by atoms with Crippen molar-refractivity contribution in [2.75, 3.05) is 26.7 Å². The molecule has 6 nitrogen and oxygen atoms in total. The van der Waals surface area contributed by atoms with Gasteiger partial charge in [-0.1, -0.05) is 11.2 Å². The highest BCUT2D eigenvalue weighted by Crippen LogP contribution is 2.30. The Balaban J connectivity index is 1.67. The number of aromatic nitrogens is 1. The average molecular weight is 359 g/mol. The second-order valence-electron chi connectivity index (χ2n) is 7.60. The van der Waals surface area contributed by atoms with Gasteiger partial charge in [0, 0.05) is 31.7 Å². The lowest BCUT2D eigenvalue weighted by Crippen LogP contribution is -2.56. The van der Waals surface area contributed by atoms with Gasteiger partial charge >= 0.3 is 0 Å². The van der Waals surface area contributed by atoms with Gasteiger partial charge in [-0.3, -0.25) is 4.90 Å². The maximum Gasteiger partial charge on any atom is 0.161 e. The Morgan fingerprint density at radius 2 is 2.08 bits per heavy atom. The first kappa shape index (κ1) is 18.7. The van der Waals surface area contributed by atoms with Crippen molar-refractivity contribution in [3.63, 3.8) is 0 Å². The van der Waals surface area contributed by atoms with Crippen LogP contribution in [0.4, 0.5) is 0 Å². The summed E-state index contributed by atoms with van der Waals surface area (Å²) in [6, 6.07) is 6.16. The van der Waals surface area contributed by atoms with Crippen LogP contribution in [0.2, 0.25) is 0 Å². The normalized spacial score (nSPS) is 17.3. The highest BCUT2D eigenvalue weighted by atomic mass is 16.5. The fraction of sp³-hybridized carbons (Fsp3) is 0.550. The first-order valence-corrected chi connectivity index (χ1v) is 9.07. The van der Waals surface area contributed by atoms with Crippen LogP contribution in [-0.4, -0.2) is 42.3 Å². The summed E-state index contributed by atoms with van der Waals surface area (Å²) in [5, 5.41) is 7.51. The topological polar surface area (TPSA) is 59.8 Å². The van der Waals surface area contributed by atoms with Gasteiger partial charge in [-0.2, -0.15) is 0 Å². The third-order valence-electron chi connectivity index (χ3n) is 4.84. The molecule has 3 rings (SSSR count). The zero-order valence-electron chi connectivity index (χ0n) is 16.4. The third kappa shape index (κ3) is 4.37. The Labute approximate surface area is 155 Å². The molecule has 1 aliphatic rings. The number of nitrogens with one attached hydrogen (secondary N) is 1. The van der Waals surface area contributed by atoms with Gasteiger partial charge in [-0.05, 0) is 45.4 Å². The van der Waals surface area contributed by atoms with Crippen LogP contribution >= 0.6 is 0 Å². The lowest BCUT2D eigenvalue weighted by atomic mass is 10.0. The van der Waals surface area contributed by atoms with E-state index in [0.717, 1.165) is 54.7 Å². The van der Waals surface area contributed by atoms with E-state index in [9.17, 15) is 0 Å². The Morgan fingerprint density at radius 3 is 2.73 bits per heavy atom. The van der Waals surface area contributed by atoms with Gasteiger partial charge in [0.15, 0.2) is 11.5 Å². The van der Waals surface area contributed by atoms with Gasteiger partial charge < -0.3 is 19.3 Å². The van der Waals surface area contributed by atoms with E-state index in [0.29, 0.717) is 6.61 Å².